The van der Waals surface area contributed by atoms with Crippen molar-refractivity contribution in [3.05, 3.63) is 54.7 Å². The minimum atomic E-state index is -0.373. The summed E-state index contributed by atoms with van der Waals surface area (Å²) in [5.74, 6) is 0.390. The van der Waals surface area contributed by atoms with Crippen molar-refractivity contribution >= 4 is 57.3 Å². The fourth-order valence-corrected chi connectivity index (χ4v) is 3.56. The molecule has 2 aromatic carbocycles. The number of aromatic hydroxyl groups is 1. The van der Waals surface area contributed by atoms with Crippen LogP contribution >= 0.6 is 45.2 Å². The maximum atomic E-state index is 11.7. The van der Waals surface area contributed by atoms with Crippen LogP contribution in [0.5, 0.6) is 11.5 Å². The molecule has 23 heavy (non-hydrogen) atoms. The van der Waals surface area contributed by atoms with E-state index in [1.165, 1.54) is 6.21 Å². The van der Waals surface area contributed by atoms with Crippen molar-refractivity contribution in [1.82, 2.24) is 5.43 Å². The second-order valence-corrected chi connectivity index (χ2v) is 7.13. The summed E-state index contributed by atoms with van der Waals surface area (Å²) >= 11 is 4.19. The van der Waals surface area contributed by atoms with Gasteiger partial charge in [0.05, 0.1) is 9.78 Å². The van der Waals surface area contributed by atoms with Gasteiger partial charge in [0.25, 0.3) is 5.91 Å². The van der Waals surface area contributed by atoms with E-state index >= 15 is 0 Å². The van der Waals surface area contributed by atoms with Crippen LogP contribution in [0.15, 0.2) is 41.5 Å². The zero-order valence-corrected chi connectivity index (χ0v) is 16.5. The highest BCUT2D eigenvalue weighted by Gasteiger charge is 2.06. The number of nitrogens with zero attached hydrogens (tertiary/aromatic N) is 1. The molecule has 0 aliphatic heterocycles. The summed E-state index contributed by atoms with van der Waals surface area (Å²) in [5.41, 5.74) is 4.03. The number of hydrogen-bond acceptors (Lipinski definition) is 4. The van der Waals surface area contributed by atoms with Crippen molar-refractivity contribution < 1.29 is 14.6 Å². The summed E-state index contributed by atoms with van der Waals surface area (Å²) in [5, 5.41) is 13.8. The molecule has 0 radical (unpaired) electrons. The molecule has 5 nitrogen and oxygen atoms in total. The highest BCUT2D eigenvalue weighted by atomic mass is 127. The predicted molar refractivity (Wildman–Crippen MR) is 106 cm³/mol. The van der Waals surface area contributed by atoms with Crippen molar-refractivity contribution in [2.75, 3.05) is 6.61 Å². The normalized spacial score (nSPS) is 10.7. The fraction of sp³-hybridized carbons (Fsp3) is 0.125. The lowest BCUT2D eigenvalue weighted by Gasteiger charge is -2.05. The number of carbonyl (C=O) groups excluding carboxylic acids is 1. The van der Waals surface area contributed by atoms with Gasteiger partial charge < -0.3 is 9.84 Å². The molecule has 7 heteroatoms. The molecule has 0 aliphatic carbocycles. The van der Waals surface area contributed by atoms with E-state index in [1.54, 1.807) is 18.2 Å². The van der Waals surface area contributed by atoms with Crippen LogP contribution in [0, 0.1) is 14.1 Å². The van der Waals surface area contributed by atoms with Crippen molar-refractivity contribution in [3.63, 3.8) is 0 Å². The zero-order chi connectivity index (χ0) is 16.8. The van der Waals surface area contributed by atoms with Gasteiger partial charge in [-0.3, -0.25) is 4.79 Å². The molecule has 2 N–H and O–H groups in total. The first-order chi connectivity index (χ1) is 11.0. The third-order valence-electron chi connectivity index (χ3n) is 2.84. The number of amides is 1. The van der Waals surface area contributed by atoms with Gasteiger partial charge >= 0.3 is 0 Å². The third-order valence-corrected chi connectivity index (χ3v) is 4.29. The highest BCUT2D eigenvalue weighted by Crippen LogP contribution is 2.25. The van der Waals surface area contributed by atoms with Crippen LogP contribution in [0.1, 0.15) is 11.1 Å². The second-order valence-electron chi connectivity index (χ2n) is 4.72. The quantitative estimate of drug-likeness (QED) is 0.350. The number of phenolic OH excluding ortho intramolecular Hbond substituents is 1. The van der Waals surface area contributed by atoms with Crippen LogP contribution in [0.2, 0.25) is 0 Å². The van der Waals surface area contributed by atoms with Crippen LogP contribution in [-0.4, -0.2) is 23.8 Å². The molecule has 0 aliphatic rings. The van der Waals surface area contributed by atoms with Crippen molar-refractivity contribution in [2.24, 2.45) is 5.10 Å². The van der Waals surface area contributed by atoms with E-state index in [1.807, 2.05) is 47.7 Å². The maximum Gasteiger partial charge on any atom is 0.277 e. The maximum absolute atomic E-state index is 11.7. The number of phenols is 1. The first kappa shape index (κ1) is 18.0. The van der Waals surface area contributed by atoms with E-state index in [9.17, 15) is 9.90 Å². The molecule has 0 fully saturated rings. The first-order valence-electron chi connectivity index (χ1n) is 6.65. The van der Waals surface area contributed by atoms with Crippen LogP contribution in [0.25, 0.3) is 0 Å². The Morgan fingerprint density at radius 3 is 2.70 bits per heavy atom. The van der Waals surface area contributed by atoms with Crippen LogP contribution < -0.4 is 10.2 Å². The number of nitrogens with one attached hydrogen (secondary N) is 1. The highest BCUT2D eigenvalue weighted by molar-refractivity contribution is 14.1. The summed E-state index contributed by atoms with van der Waals surface area (Å²) < 4.78 is 7.05. The SMILES string of the molecule is Cc1ccc(OCC(=O)N/N=C\c2cc(I)cc(I)c2O)cc1. The Balaban J connectivity index is 1.88. The molecule has 2 aromatic rings. The molecule has 1 amide bonds. The van der Waals surface area contributed by atoms with Gasteiger partial charge in [-0.1, -0.05) is 17.7 Å². The summed E-state index contributed by atoms with van der Waals surface area (Å²) in [6.07, 6.45) is 1.41. The van der Waals surface area contributed by atoms with E-state index in [4.69, 9.17) is 4.74 Å². The molecule has 0 atom stereocenters. The van der Waals surface area contributed by atoms with Gasteiger partial charge in [0.15, 0.2) is 6.61 Å². The minimum absolute atomic E-state index is 0.129. The number of hydrazone groups is 1. The Bertz CT molecular complexity index is 731. The molecule has 120 valence electrons. The van der Waals surface area contributed by atoms with Crippen LogP contribution in [0.4, 0.5) is 0 Å². The van der Waals surface area contributed by atoms with Gasteiger partial charge in [0.1, 0.15) is 11.5 Å². The molecular weight excluding hydrogens is 522 g/mol. The standard InChI is InChI=1S/C16H14I2N2O3/c1-10-2-4-13(5-3-10)23-9-15(21)20-19-8-11-6-12(17)7-14(18)16(11)22/h2-8,22H,9H2,1H3,(H,20,21)/b19-8-. The predicted octanol–water partition coefficient (Wildman–Crippen LogP) is 3.44. The van der Waals surface area contributed by atoms with Gasteiger partial charge in [-0.2, -0.15) is 5.10 Å². The second kappa shape index (κ2) is 8.48. The summed E-state index contributed by atoms with van der Waals surface area (Å²) in [4.78, 5) is 11.7. The number of halogens is 2. The van der Waals surface area contributed by atoms with Crippen molar-refractivity contribution in [3.8, 4) is 11.5 Å². The first-order valence-corrected chi connectivity index (χ1v) is 8.81. The molecule has 2 rings (SSSR count). The van der Waals surface area contributed by atoms with Gasteiger partial charge in [0.2, 0.25) is 0 Å². The average molecular weight is 536 g/mol. The number of hydrogen-bond donors (Lipinski definition) is 2. The lowest BCUT2D eigenvalue weighted by atomic mass is 10.2. The number of benzene rings is 2. The Hall–Kier alpha value is -1.36. The summed E-state index contributed by atoms with van der Waals surface area (Å²) in [6, 6.07) is 11.0. The van der Waals surface area contributed by atoms with Crippen LogP contribution in [-0.2, 0) is 4.79 Å². The van der Waals surface area contributed by atoms with Gasteiger partial charge in [-0.25, -0.2) is 5.43 Å². The molecule has 0 saturated heterocycles. The van der Waals surface area contributed by atoms with Crippen LogP contribution in [0.3, 0.4) is 0 Å². The third kappa shape index (κ3) is 5.65. The van der Waals surface area contributed by atoms with Gasteiger partial charge in [-0.15, -0.1) is 0 Å². The molecular formula is C16H14I2N2O3. The number of ether oxygens (including phenoxy) is 1. The number of carbonyl (C=O) groups is 1. The lowest BCUT2D eigenvalue weighted by molar-refractivity contribution is -0.123. The average Bonchev–Trinajstić information content (AvgIpc) is 2.51. The molecule has 0 spiro atoms. The van der Waals surface area contributed by atoms with Crippen molar-refractivity contribution in [1.29, 1.82) is 0 Å². The number of aryl methyl sites for hydroxylation is 1. The largest absolute Gasteiger partial charge is 0.506 e. The van der Waals surface area contributed by atoms with E-state index in [0.717, 1.165) is 12.7 Å². The molecule has 0 aromatic heterocycles. The van der Waals surface area contributed by atoms with Gasteiger partial charge in [-0.05, 0) is 76.4 Å². The van der Waals surface area contributed by atoms with E-state index in [0.29, 0.717) is 11.3 Å². The zero-order valence-electron chi connectivity index (χ0n) is 12.2. The van der Waals surface area contributed by atoms with E-state index in [2.05, 4.69) is 33.1 Å². The molecule has 0 bridgehead atoms. The van der Waals surface area contributed by atoms with E-state index in [-0.39, 0.29) is 18.3 Å². The Labute approximate surface area is 161 Å². The Morgan fingerprint density at radius 2 is 2.00 bits per heavy atom. The monoisotopic (exact) mass is 536 g/mol. The lowest BCUT2D eigenvalue weighted by Crippen LogP contribution is -2.24. The molecule has 0 saturated carbocycles. The Kier molecular flexibility index (Phi) is 6.63. The van der Waals surface area contributed by atoms with Crippen molar-refractivity contribution in [2.45, 2.75) is 6.92 Å². The smallest absolute Gasteiger partial charge is 0.277 e. The minimum Gasteiger partial charge on any atom is -0.506 e. The summed E-state index contributed by atoms with van der Waals surface area (Å²) in [6.45, 7) is 1.85. The van der Waals surface area contributed by atoms with Gasteiger partial charge in [0, 0.05) is 9.13 Å². The topological polar surface area (TPSA) is 70.9 Å². The summed E-state index contributed by atoms with van der Waals surface area (Å²) in [7, 11) is 0. The number of rotatable bonds is 5. The van der Waals surface area contributed by atoms with E-state index < -0.39 is 0 Å². The molecule has 0 unspecified atom stereocenters. The fourth-order valence-electron chi connectivity index (χ4n) is 1.67. The Morgan fingerprint density at radius 1 is 1.30 bits per heavy atom. The molecule has 0 heterocycles.